The molecule has 0 spiro atoms. The van der Waals surface area contributed by atoms with Gasteiger partial charge in [-0.25, -0.2) is 9.97 Å². The van der Waals surface area contributed by atoms with Crippen LogP contribution >= 0.6 is 15.9 Å². The Kier molecular flexibility index (Phi) is 4.99. The van der Waals surface area contributed by atoms with E-state index in [9.17, 15) is 0 Å². The van der Waals surface area contributed by atoms with Crippen molar-refractivity contribution in [2.24, 2.45) is 5.92 Å². The van der Waals surface area contributed by atoms with Gasteiger partial charge in [0.25, 0.3) is 0 Å². The molecule has 1 aromatic heterocycles. The van der Waals surface area contributed by atoms with Gasteiger partial charge in [-0.15, -0.1) is 0 Å². The Morgan fingerprint density at radius 3 is 3.00 bits per heavy atom. The Labute approximate surface area is 122 Å². The van der Waals surface area contributed by atoms with Crippen molar-refractivity contribution in [1.82, 2.24) is 9.97 Å². The van der Waals surface area contributed by atoms with Gasteiger partial charge in [0.15, 0.2) is 0 Å². The quantitative estimate of drug-likeness (QED) is 0.920. The Balaban J connectivity index is 2.20. The lowest BCUT2D eigenvalue weighted by atomic mass is 9.96. The monoisotopic (exact) mass is 328 g/mol. The lowest BCUT2D eigenvalue weighted by molar-refractivity contribution is 0.0496. The second-order valence-corrected chi connectivity index (χ2v) is 5.67. The molecular formula is C13H21BrN4O. The van der Waals surface area contributed by atoms with Gasteiger partial charge in [0.05, 0.1) is 6.10 Å². The minimum atomic E-state index is 0.262. The maximum absolute atomic E-state index is 5.56. The molecule has 0 saturated carbocycles. The van der Waals surface area contributed by atoms with Gasteiger partial charge in [-0.3, -0.25) is 0 Å². The zero-order valence-corrected chi connectivity index (χ0v) is 13.3. The van der Waals surface area contributed by atoms with Crippen molar-refractivity contribution in [3.05, 3.63) is 10.8 Å². The van der Waals surface area contributed by atoms with Crippen molar-refractivity contribution in [3.8, 4) is 0 Å². The molecule has 0 amide bonds. The Morgan fingerprint density at radius 1 is 1.53 bits per heavy atom. The molecule has 2 rings (SSSR count). The first-order valence-electron chi connectivity index (χ1n) is 6.69. The Hall–Kier alpha value is -0.880. The molecule has 0 radical (unpaired) electrons. The van der Waals surface area contributed by atoms with Crippen LogP contribution in [0.4, 0.5) is 11.6 Å². The fourth-order valence-corrected chi connectivity index (χ4v) is 3.00. The lowest BCUT2D eigenvalue weighted by Crippen LogP contribution is -2.44. The van der Waals surface area contributed by atoms with Gasteiger partial charge in [-0.1, -0.05) is 6.92 Å². The van der Waals surface area contributed by atoms with E-state index in [4.69, 9.17) is 4.74 Å². The summed E-state index contributed by atoms with van der Waals surface area (Å²) in [5, 5.41) is 3.23. The average Bonchev–Trinajstić information content (AvgIpc) is 2.42. The predicted molar refractivity (Wildman–Crippen MR) is 80.7 cm³/mol. The van der Waals surface area contributed by atoms with E-state index in [2.05, 4.69) is 50.0 Å². The van der Waals surface area contributed by atoms with Crippen molar-refractivity contribution < 1.29 is 4.74 Å². The summed E-state index contributed by atoms with van der Waals surface area (Å²) in [6.07, 6.45) is 2.99. The van der Waals surface area contributed by atoms with Gasteiger partial charge in [0.1, 0.15) is 22.4 Å². The SMILES string of the molecule is CCNc1ncnc(N2CCC(C)C(OC)C2)c1Br. The summed E-state index contributed by atoms with van der Waals surface area (Å²) in [7, 11) is 1.78. The van der Waals surface area contributed by atoms with Crippen molar-refractivity contribution >= 4 is 27.6 Å². The van der Waals surface area contributed by atoms with Gasteiger partial charge in [-0.05, 0) is 35.2 Å². The summed E-state index contributed by atoms with van der Waals surface area (Å²) in [6, 6.07) is 0. The van der Waals surface area contributed by atoms with Crippen LogP contribution < -0.4 is 10.2 Å². The standard InChI is InChI=1S/C13H21BrN4O/c1-4-15-12-11(14)13(17-8-16-12)18-6-5-9(2)10(7-18)19-3/h8-10H,4-7H2,1-3H3,(H,15,16,17). The zero-order valence-electron chi connectivity index (χ0n) is 11.7. The third-order valence-electron chi connectivity index (χ3n) is 3.61. The minimum Gasteiger partial charge on any atom is -0.379 e. The number of halogens is 1. The van der Waals surface area contributed by atoms with Crippen LogP contribution in [0.25, 0.3) is 0 Å². The highest BCUT2D eigenvalue weighted by Crippen LogP contribution is 2.32. The van der Waals surface area contributed by atoms with E-state index >= 15 is 0 Å². The maximum Gasteiger partial charge on any atom is 0.148 e. The number of anilines is 2. The van der Waals surface area contributed by atoms with Crippen LogP contribution in [-0.2, 0) is 4.74 Å². The highest BCUT2D eigenvalue weighted by molar-refractivity contribution is 9.10. The van der Waals surface area contributed by atoms with E-state index in [1.165, 1.54) is 0 Å². The van der Waals surface area contributed by atoms with E-state index in [1.807, 2.05) is 0 Å². The first kappa shape index (κ1) is 14.5. The van der Waals surface area contributed by atoms with E-state index in [1.54, 1.807) is 13.4 Å². The molecule has 1 N–H and O–H groups in total. The molecular weight excluding hydrogens is 308 g/mol. The molecule has 106 valence electrons. The average molecular weight is 329 g/mol. The van der Waals surface area contributed by atoms with Gasteiger partial charge in [0.2, 0.25) is 0 Å². The fraction of sp³-hybridized carbons (Fsp3) is 0.692. The van der Waals surface area contributed by atoms with Gasteiger partial charge >= 0.3 is 0 Å². The van der Waals surface area contributed by atoms with E-state index in [0.29, 0.717) is 5.92 Å². The van der Waals surface area contributed by atoms with E-state index < -0.39 is 0 Å². The van der Waals surface area contributed by atoms with Gasteiger partial charge in [0, 0.05) is 26.7 Å². The number of hydrogen-bond acceptors (Lipinski definition) is 5. The number of nitrogens with one attached hydrogen (secondary N) is 1. The Bertz CT molecular complexity index is 429. The summed E-state index contributed by atoms with van der Waals surface area (Å²) in [5.74, 6) is 2.38. The molecule has 1 aliphatic heterocycles. The molecule has 2 unspecified atom stereocenters. The smallest absolute Gasteiger partial charge is 0.148 e. The Morgan fingerprint density at radius 2 is 2.32 bits per heavy atom. The fourth-order valence-electron chi connectivity index (χ4n) is 2.40. The highest BCUT2D eigenvalue weighted by atomic mass is 79.9. The normalized spacial score (nSPS) is 23.5. The topological polar surface area (TPSA) is 50.3 Å². The van der Waals surface area contributed by atoms with Crippen LogP contribution in [0.15, 0.2) is 10.8 Å². The molecule has 2 heterocycles. The first-order chi connectivity index (χ1) is 9.17. The van der Waals surface area contributed by atoms with Crippen molar-refractivity contribution in [2.75, 3.05) is 37.0 Å². The molecule has 1 aliphatic rings. The molecule has 2 atom stereocenters. The van der Waals surface area contributed by atoms with Crippen LogP contribution in [0.1, 0.15) is 20.3 Å². The maximum atomic E-state index is 5.56. The molecule has 1 fully saturated rings. The van der Waals surface area contributed by atoms with Crippen molar-refractivity contribution in [2.45, 2.75) is 26.4 Å². The van der Waals surface area contributed by atoms with Crippen LogP contribution in [0.2, 0.25) is 0 Å². The van der Waals surface area contributed by atoms with Crippen LogP contribution in [0, 0.1) is 5.92 Å². The summed E-state index contributed by atoms with van der Waals surface area (Å²) in [5.41, 5.74) is 0. The number of methoxy groups -OCH3 is 1. The minimum absolute atomic E-state index is 0.262. The molecule has 1 aromatic rings. The third kappa shape index (κ3) is 3.17. The van der Waals surface area contributed by atoms with Crippen LogP contribution in [-0.4, -0.2) is 42.8 Å². The molecule has 0 bridgehead atoms. The summed E-state index contributed by atoms with van der Waals surface area (Å²) in [6.45, 7) is 7.01. The van der Waals surface area contributed by atoms with Crippen molar-refractivity contribution in [3.63, 3.8) is 0 Å². The largest absolute Gasteiger partial charge is 0.379 e. The number of nitrogens with zero attached hydrogens (tertiary/aromatic N) is 3. The van der Waals surface area contributed by atoms with Gasteiger partial charge in [-0.2, -0.15) is 0 Å². The molecule has 19 heavy (non-hydrogen) atoms. The van der Waals surface area contributed by atoms with E-state index in [0.717, 1.165) is 42.2 Å². The zero-order chi connectivity index (χ0) is 13.8. The number of hydrogen-bond donors (Lipinski definition) is 1. The molecule has 6 heteroatoms. The van der Waals surface area contributed by atoms with Crippen LogP contribution in [0.3, 0.4) is 0 Å². The molecule has 5 nitrogen and oxygen atoms in total. The van der Waals surface area contributed by atoms with Gasteiger partial charge < -0.3 is 15.0 Å². The van der Waals surface area contributed by atoms with Crippen molar-refractivity contribution in [1.29, 1.82) is 0 Å². The lowest BCUT2D eigenvalue weighted by Gasteiger charge is -2.37. The third-order valence-corrected chi connectivity index (χ3v) is 4.34. The highest BCUT2D eigenvalue weighted by Gasteiger charge is 2.28. The second-order valence-electron chi connectivity index (χ2n) is 4.88. The molecule has 0 aromatic carbocycles. The number of ether oxygens (including phenoxy) is 1. The number of rotatable bonds is 4. The number of aromatic nitrogens is 2. The summed E-state index contributed by atoms with van der Waals surface area (Å²) >= 11 is 3.60. The predicted octanol–water partition coefficient (Wildman–Crippen LogP) is 2.53. The van der Waals surface area contributed by atoms with E-state index in [-0.39, 0.29) is 6.10 Å². The molecule has 0 aliphatic carbocycles. The second kappa shape index (κ2) is 6.52. The molecule has 1 saturated heterocycles. The number of piperidine rings is 1. The van der Waals surface area contributed by atoms with Crippen LogP contribution in [0.5, 0.6) is 0 Å². The summed E-state index contributed by atoms with van der Waals surface area (Å²) in [4.78, 5) is 10.9. The first-order valence-corrected chi connectivity index (χ1v) is 7.48. The summed E-state index contributed by atoms with van der Waals surface area (Å²) < 4.78 is 6.49.